The molecule has 0 unspecified atom stereocenters. The fraction of sp³-hybridized carbons (Fsp3) is 0.371. The maximum atomic E-state index is 13.6. The predicted molar refractivity (Wildman–Crippen MR) is 172 cm³/mol. The van der Waals surface area contributed by atoms with Crippen LogP contribution in [-0.4, -0.2) is 92.0 Å². The highest BCUT2D eigenvalue weighted by Gasteiger charge is 2.30. The maximum Gasteiger partial charge on any atom is 0.255 e. The van der Waals surface area contributed by atoms with Gasteiger partial charge in [-0.2, -0.15) is 0 Å². The highest BCUT2D eigenvalue weighted by Crippen LogP contribution is 2.19. The van der Waals surface area contributed by atoms with Crippen LogP contribution in [-0.2, 0) is 38.6 Å². The number of hydrogen-bond donors (Lipinski definition) is 3. The van der Waals surface area contributed by atoms with Crippen LogP contribution in [0, 0.1) is 0 Å². The molecule has 2 aliphatic rings. The summed E-state index contributed by atoms with van der Waals surface area (Å²) in [6.07, 6.45) is -0.0938. The minimum Gasteiger partial charge on any atom is -0.491 e. The minimum atomic E-state index is -1.20. The molecule has 0 bridgehead atoms. The summed E-state index contributed by atoms with van der Waals surface area (Å²) < 4.78 is 11.4. The lowest BCUT2D eigenvalue weighted by Crippen LogP contribution is -2.53. The largest absolute Gasteiger partial charge is 0.491 e. The second-order valence-electron chi connectivity index (χ2n) is 11.6. The smallest absolute Gasteiger partial charge is 0.255 e. The summed E-state index contributed by atoms with van der Waals surface area (Å²) >= 11 is 0. The van der Waals surface area contributed by atoms with Gasteiger partial charge in [-0.25, -0.2) is 0 Å². The number of carbonyl (C=O) groups is 4. The second-order valence-corrected chi connectivity index (χ2v) is 11.6. The molecule has 0 radical (unpaired) electrons. The van der Waals surface area contributed by atoms with Gasteiger partial charge in [-0.15, -0.1) is 0 Å². The van der Waals surface area contributed by atoms with E-state index in [0.29, 0.717) is 19.0 Å². The normalized spacial score (nSPS) is 20.0. The van der Waals surface area contributed by atoms with Gasteiger partial charge in [0.25, 0.3) is 5.91 Å². The molecule has 2 aliphatic heterocycles. The molecule has 4 amide bonds. The van der Waals surface area contributed by atoms with Gasteiger partial charge in [-0.1, -0.05) is 66.7 Å². The molecule has 3 N–H and O–H groups in total. The van der Waals surface area contributed by atoms with Gasteiger partial charge in [0, 0.05) is 39.6 Å². The first kappa shape index (κ1) is 32.6. The number of benzene rings is 3. The zero-order valence-electron chi connectivity index (χ0n) is 26.1. The van der Waals surface area contributed by atoms with Crippen molar-refractivity contribution in [1.82, 2.24) is 25.8 Å². The molecule has 0 aromatic heterocycles. The van der Waals surface area contributed by atoms with Gasteiger partial charge in [-0.05, 0) is 28.8 Å². The molecule has 0 spiro atoms. The lowest BCUT2D eigenvalue weighted by molar-refractivity contribution is -0.136. The van der Waals surface area contributed by atoms with E-state index in [1.54, 1.807) is 31.3 Å². The molecule has 1 fully saturated rings. The van der Waals surface area contributed by atoms with Gasteiger partial charge in [0.05, 0.1) is 31.7 Å². The van der Waals surface area contributed by atoms with E-state index in [0.717, 1.165) is 36.3 Å². The average molecular weight is 628 g/mol. The standard InChI is InChI=1S/C35H41N5O6/c1-39-14-19-46-31-13-6-5-12-28(31)33(42)38-29(22-32(41)37-30(35(39)44)21-25-8-3-2-4-9-25)34(43)36-23-26-10-7-11-27(20-26)24-40-15-17-45-18-16-40/h2-13,20,29-30H,14-19,21-24H2,1H3,(H,36,43)(H,37,41)(H,38,42)/t29-,30-/m0/s1. The van der Waals surface area contributed by atoms with Gasteiger partial charge < -0.3 is 30.3 Å². The number of hydrogen-bond acceptors (Lipinski definition) is 7. The van der Waals surface area contributed by atoms with Gasteiger partial charge >= 0.3 is 0 Å². The summed E-state index contributed by atoms with van der Waals surface area (Å²) in [5.74, 6) is -1.56. The zero-order chi connectivity index (χ0) is 32.3. The monoisotopic (exact) mass is 627 g/mol. The van der Waals surface area contributed by atoms with Crippen molar-refractivity contribution in [3.8, 4) is 5.75 Å². The van der Waals surface area contributed by atoms with Gasteiger partial charge in [-0.3, -0.25) is 24.1 Å². The summed E-state index contributed by atoms with van der Waals surface area (Å²) in [6, 6.07) is 22.0. The van der Waals surface area contributed by atoms with Crippen LogP contribution in [0.15, 0.2) is 78.9 Å². The van der Waals surface area contributed by atoms with Crippen molar-refractivity contribution in [2.24, 2.45) is 0 Å². The van der Waals surface area contributed by atoms with Crippen LogP contribution >= 0.6 is 0 Å². The van der Waals surface area contributed by atoms with Crippen molar-refractivity contribution in [3.63, 3.8) is 0 Å². The third kappa shape index (κ3) is 9.15. The fourth-order valence-electron chi connectivity index (χ4n) is 5.55. The van der Waals surface area contributed by atoms with Crippen molar-refractivity contribution < 1.29 is 28.7 Å². The van der Waals surface area contributed by atoms with Crippen LogP contribution < -0.4 is 20.7 Å². The Morgan fingerprint density at radius 2 is 1.57 bits per heavy atom. The van der Waals surface area contributed by atoms with Crippen molar-refractivity contribution in [2.75, 3.05) is 46.5 Å². The highest BCUT2D eigenvalue weighted by atomic mass is 16.5. The number of carbonyl (C=O) groups excluding carboxylic acids is 4. The summed E-state index contributed by atoms with van der Waals surface area (Å²) in [6.45, 7) is 4.53. The van der Waals surface area contributed by atoms with Crippen LogP contribution in [0.25, 0.3) is 0 Å². The summed E-state index contributed by atoms with van der Waals surface area (Å²) in [4.78, 5) is 57.8. The van der Waals surface area contributed by atoms with E-state index < -0.39 is 29.8 Å². The molecule has 0 aliphatic carbocycles. The number of nitrogens with one attached hydrogen (secondary N) is 3. The number of nitrogens with zero attached hydrogens (tertiary/aromatic N) is 2. The first-order chi connectivity index (χ1) is 22.4. The number of rotatable bonds is 7. The second kappa shape index (κ2) is 16.0. The summed E-state index contributed by atoms with van der Waals surface area (Å²) in [7, 11) is 1.65. The maximum absolute atomic E-state index is 13.6. The average Bonchev–Trinajstić information content (AvgIpc) is 3.07. The number of fused-ring (bicyclic) bond motifs is 1. The predicted octanol–water partition coefficient (Wildman–Crippen LogP) is 1.90. The van der Waals surface area contributed by atoms with Crippen molar-refractivity contribution in [3.05, 3.63) is 101 Å². The SMILES string of the molecule is CN1CCOc2ccccc2C(=O)N[C@H](C(=O)NCc2cccc(CN3CCOCC3)c2)CC(=O)N[C@@H](Cc2ccccc2)C1=O. The molecule has 242 valence electrons. The van der Waals surface area contributed by atoms with E-state index in [2.05, 4.69) is 20.9 Å². The quantitative estimate of drug-likeness (QED) is 0.365. The molecule has 11 nitrogen and oxygen atoms in total. The molecular formula is C35H41N5O6. The Kier molecular flexibility index (Phi) is 11.4. The lowest BCUT2D eigenvalue weighted by Gasteiger charge is -2.27. The van der Waals surface area contributed by atoms with E-state index in [1.807, 2.05) is 54.6 Å². The van der Waals surface area contributed by atoms with E-state index in [-0.39, 0.29) is 44.0 Å². The lowest BCUT2D eigenvalue weighted by atomic mass is 10.0. The Labute approximate surface area is 269 Å². The molecule has 2 heterocycles. The fourth-order valence-corrected chi connectivity index (χ4v) is 5.55. The van der Waals surface area contributed by atoms with Crippen molar-refractivity contribution >= 4 is 23.6 Å². The molecule has 46 heavy (non-hydrogen) atoms. The number of ether oxygens (including phenoxy) is 2. The minimum absolute atomic E-state index is 0.132. The number of para-hydroxylation sites is 1. The molecule has 2 atom stereocenters. The van der Waals surface area contributed by atoms with Crippen LogP contribution in [0.1, 0.15) is 33.5 Å². The third-order valence-corrected chi connectivity index (χ3v) is 8.09. The Balaban J connectivity index is 1.33. The molecule has 1 saturated heterocycles. The first-order valence-electron chi connectivity index (χ1n) is 15.6. The van der Waals surface area contributed by atoms with Gasteiger partial charge in [0.15, 0.2) is 0 Å². The Morgan fingerprint density at radius 1 is 0.848 bits per heavy atom. The summed E-state index contributed by atoms with van der Waals surface area (Å²) in [5.41, 5.74) is 3.12. The first-order valence-corrected chi connectivity index (χ1v) is 15.6. The Bertz CT molecular complexity index is 1510. The zero-order valence-corrected chi connectivity index (χ0v) is 26.1. The molecule has 0 saturated carbocycles. The molecule has 11 heteroatoms. The Morgan fingerprint density at radius 3 is 2.37 bits per heavy atom. The Hall–Kier alpha value is -4.74. The molecule has 3 aromatic rings. The van der Waals surface area contributed by atoms with Crippen LogP contribution in [0.5, 0.6) is 5.75 Å². The topological polar surface area (TPSA) is 129 Å². The summed E-state index contributed by atoms with van der Waals surface area (Å²) in [5, 5.41) is 8.45. The molecule has 5 rings (SSSR count). The molecular weight excluding hydrogens is 586 g/mol. The third-order valence-electron chi connectivity index (χ3n) is 8.09. The van der Waals surface area contributed by atoms with E-state index in [9.17, 15) is 19.2 Å². The van der Waals surface area contributed by atoms with Crippen molar-refractivity contribution in [2.45, 2.75) is 38.0 Å². The van der Waals surface area contributed by atoms with Crippen molar-refractivity contribution in [1.29, 1.82) is 0 Å². The highest BCUT2D eigenvalue weighted by molar-refractivity contribution is 6.01. The van der Waals surface area contributed by atoms with Crippen LogP contribution in [0.3, 0.4) is 0 Å². The van der Waals surface area contributed by atoms with Gasteiger partial charge in [0.1, 0.15) is 24.4 Å². The van der Waals surface area contributed by atoms with E-state index in [4.69, 9.17) is 9.47 Å². The number of amides is 4. The number of likely N-dealkylation sites (N-methyl/N-ethyl adjacent to an activating group) is 1. The van der Waals surface area contributed by atoms with Crippen LogP contribution in [0.2, 0.25) is 0 Å². The van der Waals surface area contributed by atoms with E-state index in [1.165, 1.54) is 4.90 Å². The molecule has 3 aromatic carbocycles. The van der Waals surface area contributed by atoms with Gasteiger partial charge in [0.2, 0.25) is 17.7 Å². The van der Waals surface area contributed by atoms with E-state index >= 15 is 0 Å². The number of morpholine rings is 1. The van der Waals surface area contributed by atoms with Crippen LogP contribution in [0.4, 0.5) is 0 Å².